The first-order valence-electron chi connectivity index (χ1n) is 7.75. The first-order chi connectivity index (χ1) is 12.1. The highest BCUT2D eigenvalue weighted by atomic mass is 16.5. The predicted molar refractivity (Wildman–Crippen MR) is 97.1 cm³/mol. The summed E-state index contributed by atoms with van der Waals surface area (Å²) < 4.78 is 10.5. The van der Waals surface area contributed by atoms with Gasteiger partial charge in [-0.2, -0.15) is 0 Å². The second-order valence-corrected chi connectivity index (χ2v) is 5.61. The zero-order chi connectivity index (χ0) is 17.8. The van der Waals surface area contributed by atoms with Gasteiger partial charge in [0.25, 0.3) is 0 Å². The standard InChI is InChI=1S/C20H18N2O3/c1-24-20(23)14-4-2-13(3-5-14)12-25-18-9-8-15-10-17(19(21)22)7-6-16(15)11-18/h2-11H,12H2,1H3,(H3,21,22). The van der Waals surface area contributed by atoms with Gasteiger partial charge in [-0.05, 0) is 46.7 Å². The summed E-state index contributed by atoms with van der Waals surface area (Å²) >= 11 is 0. The Bertz CT molecular complexity index is 933. The Morgan fingerprint density at radius 3 is 2.28 bits per heavy atom. The molecule has 0 aliphatic rings. The van der Waals surface area contributed by atoms with Gasteiger partial charge in [0, 0.05) is 5.56 Å². The maximum absolute atomic E-state index is 11.4. The van der Waals surface area contributed by atoms with E-state index in [0.29, 0.717) is 17.7 Å². The number of benzene rings is 3. The fraction of sp³-hybridized carbons (Fsp3) is 0.100. The van der Waals surface area contributed by atoms with Crippen LogP contribution in [0.3, 0.4) is 0 Å². The van der Waals surface area contributed by atoms with E-state index in [1.807, 2.05) is 48.5 Å². The molecule has 126 valence electrons. The molecule has 3 aromatic rings. The molecule has 0 aliphatic heterocycles. The van der Waals surface area contributed by atoms with Crippen LogP contribution < -0.4 is 10.5 Å². The molecule has 0 radical (unpaired) electrons. The maximum atomic E-state index is 11.4. The summed E-state index contributed by atoms with van der Waals surface area (Å²) in [6.07, 6.45) is 0. The second-order valence-electron chi connectivity index (χ2n) is 5.61. The van der Waals surface area contributed by atoms with Crippen molar-refractivity contribution in [2.24, 2.45) is 5.73 Å². The highest BCUT2D eigenvalue weighted by molar-refractivity contribution is 5.99. The largest absolute Gasteiger partial charge is 0.489 e. The quantitative estimate of drug-likeness (QED) is 0.425. The van der Waals surface area contributed by atoms with E-state index in [0.717, 1.165) is 22.1 Å². The number of hydrogen-bond donors (Lipinski definition) is 2. The molecule has 0 aromatic heterocycles. The van der Waals surface area contributed by atoms with Gasteiger partial charge in [-0.3, -0.25) is 5.41 Å². The Hall–Kier alpha value is -3.34. The van der Waals surface area contributed by atoms with E-state index in [1.54, 1.807) is 12.1 Å². The van der Waals surface area contributed by atoms with Gasteiger partial charge in [0.15, 0.2) is 0 Å². The summed E-state index contributed by atoms with van der Waals surface area (Å²) in [6, 6.07) is 18.5. The molecule has 0 bridgehead atoms. The molecular weight excluding hydrogens is 316 g/mol. The number of rotatable bonds is 5. The minimum absolute atomic E-state index is 0.0534. The average molecular weight is 334 g/mol. The molecule has 3 N–H and O–H groups in total. The number of carbonyl (C=O) groups is 1. The Morgan fingerprint density at radius 1 is 0.960 bits per heavy atom. The van der Waals surface area contributed by atoms with E-state index in [9.17, 15) is 4.79 Å². The van der Waals surface area contributed by atoms with Crippen LogP contribution >= 0.6 is 0 Å². The van der Waals surface area contributed by atoms with Gasteiger partial charge in [-0.15, -0.1) is 0 Å². The average Bonchev–Trinajstić information content (AvgIpc) is 2.65. The number of carbonyl (C=O) groups excluding carboxylic acids is 1. The van der Waals surface area contributed by atoms with Crippen molar-refractivity contribution in [2.45, 2.75) is 6.61 Å². The van der Waals surface area contributed by atoms with Crippen molar-refractivity contribution >= 4 is 22.6 Å². The minimum Gasteiger partial charge on any atom is -0.489 e. The van der Waals surface area contributed by atoms with Crippen molar-refractivity contribution in [1.82, 2.24) is 0 Å². The molecule has 0 aliphatic carbocycles. The number of amidine groups is 1. The number of hydrogen-bond acceptors (Lipinski definition) is 4. The predicted octanol–water partition coefficient (Wildman–Crippen LogP) is 3.49. The molecule has 5 nitrogen and oxygen atoms in total. The van der Waals surface area contributed by atoms with Crippen molar-refractivity contribution in [1.29, 1.82) is 5.41 Å². The van der Waals surface area contributed by atoms with Crippen LogP contribution in [0.4, 0.5) is 0 Å². The Kier molecular flexibility index (Phi) is 4.66. The fourth-order valence-corrected chi connectivity index (χ4v) is 2.50. The van der Waals surface area contributed by atoms with Crippen LogP contribution in [-0.2, 0) is 11.3 Å². The lowest BCUT2D eigenvalue weighted by Crippen LogP contribution is -2.10. The summed E-state index contributed by atoms with van der Waals surface area (Å²) in [5, 5.41) is 9.51. The minimum atomic E-state index is -0.355. The zero-order valence-corrected chi connectivity index (χ0v) is 13.8. The van der Waals surface area contributed by atoms with Crippen molar-refractivity contribution in [3.05, 3.63) is 77.4 Å². The van der Waals surface area contributed by atoms with Crippen molar-refractivity contribution in [2.75, 3.05) is 7.11 Å². The SMILES string of the molecule is COC(=O)c1ccc(COc2ccc3cc(C(=N)N)ccc3c2)cc1. The van der Waals surface area contributed by atoms with Crippen LogP contribution in [0.2, 0.25) is 0 Å². The Morgan fingerprint density at radius 2 is 1.60 bits per heavy atom. The number of nitrogens with one attached hydrogen (secondary N) is 1. The summed E-state index contributed by atoms with van der Waals surface area (Å²) in [6.45, 7) is 0.401. The van der Waals surface area contributed by atoms with E-state index in [1.165, 1.54) is 7.11 Å². The molecule has 0 unspecified atom stereocenters. The monoisotopic (exact) mass is 334 g/mol. The lowest BCUT2D eigenvalue weighted by Gasteiger charge is -2.09. The van der Waals surface area contributed by atoms with E-state index in [2.05, 4.69) is 4.74 Å². The summed E-state index contributed by atoms with van der Waals surface area (Å²) in [7, 11) is 1.36. The van der Waals surface area contributed by atoms with Gasteiger partial charge >= 0.3 is 5.97 Å². The molecule has 0 heterocycles. The van der Waals surface area contributed by atoms with Crippen LogP contribution in [0.15, 0.2) is 60.7 Å². The molecule has 3 aromatic carbocycles. The lowest BCUT2D eigenvalue weighted by molar-refractivity contribution is 0.0600. The smallest absolute Gasteiger partial charge is 0.337 e. The van der Waals surface area contributed by atoms with E-state index < -0.39 is 0 Å². The molecule has 5 heteroatoms. The van der Waals surface area contributed by atoms with Crippen LogP contribution in [0, 0.1) is 5.41 Å². The summed E-state index contributed by atoms with van der Waals surface area (Å²) in [4.78, 5) is 11.4. The van der Waals surface area contributed by atoms with Crippen molar-refractivity contribution < 1.29 is 14.3 Å². The number of ether oxygens (including phenoxy) is 2. The Labute approximate surface area is 145 Å². The van der Waals surface area contributed by atoms with E-state index in [4.69, 9.17) is 15.9 Å². The third kappa shape index (κ3) is 3.77. The number of nitrogens with two attached hydrogens (primary N) is 1. The summed E-state index contributed by atoms with van der Waals surface area (Å²) in [5.41, 5.74) is 7.69. The van der Waals surface area contributed by atoms with E-state index in [-0.39, 0.29) is 11.8 Å². The van der Waals surface area contributed by atoms with Crippen LogP contribution in [0.1, 0.15) is 21.5 Å². The molecule has 0 fully saturated rings. The topological polar surface area (TPSA) is 85.4 Å². The molecule has 3 rings (SSSR count). The third-order valence-electron chi connectivity index (χ3n) is 3.90. The number of esters is 1. The molecular formula is C20H18N2O3. The number of methoxy groups -OCH3 is 1. The lowest BCUT2D eigenvalue weighted by atomic mass is 10.1. The van der Waals surface area contributed by atoms with Crippen LogP contribution in [-0.4, -0.2) is 18.9 Å². The van der Waals surface area contributed by atoms with Crippen LogP contribution in [0.25, 0.3) is 10.8 Å². The first kappa shape index (κ1) is 16.5. The number of fused-ring (bicyclic) bond motifs is 1. The highest BCUT2D eigenvalue weighted by Crippen LogP contribution is 2.23. The van der Waals surface area contributed by atoms with Crippen molar-refractivity contribution in [3.63, 3.8) is 0 Å². The summed E-state index contributed by atoms with van der Waals surface area (Å²) in [5.74, 6) is 0.449. The fourth-order valence-electron chi connectivity index (χ4n) is 2.50. The molecule has 0 atom stereocenters. The second kappa shape index (κ2) is 7.05. The van der Waals surface area contributed by atoms with E-state index >= 15 is 0 Å². The molecule has 0 saturated heterocycles. The van der Waals surface area contributed by atoms with Gasteiger partial charge in [0.1, 0.15) is 18.2 Å². The van der Waals surface area contributed by atoms with Gasteiger partial charge in [-0.1, -0.05) is 30.3 Å². The third-order valence-corrected chi connectivity index (χ3v) is 3.90. The van der Waals surface area contributed by atoms with Gasteiger partial charge in [0.05, 0.1) is 12.7 Å². The Balaban J connectivity index is 1.71. The normalized spacial score (nSPS) is 10.4. The molecule has 25 heavy (non-hydrogen) atoms. The molecule has 0 spiro atoms. The molecule has 0 saturated carbocycles. The molecule has 0 amide bonds. The van der Waals surface area contributed by atoms with Crippen molar-refractivity contribution in [3.8, 4) is 5.75 Å². The van der Waals surface area contributed by atoms with Gasteiger partial charge < -0.3 is 15.2 Å². The zero-order valence-electron chi connectivity index (χ0n) is 13.8. The number of nitrogen functional groups attached to an aromatic ring is 1. The first-order valence-corrected chi connectivity index (χ1v) is 7.75. The van der Waals surface area contributed by atoms with Crippen LogP contribution in [0.5, 0.6) is 5.75 Å². The van der Waals surface area contributed by atoms with Gasteiger partial charge in [0.2, 0.25) is 0 Å². The van der Waals surface area contributed by atoms with Gasteiger partial charge in [-0.25, -0.2) is 4.79 Å². The highest BCUT2D eigenvalue weighted by Gasteiger charge is 2.05. The maximum Gasteiger partial charge on any atom is 0.337 e.